The number of nitro groups is 1. The van der Waals surface area contributed by atoms with Gasteiger partial charge in [-0.05, 0) is 42.0 Å². The first kappa shape index (κ1) is 20.5. The maximum absolute atomic E-state index is 12.5. The molecule has 0 saturated carbocycles. The minimum absolute atomic E-state index is 0.0694. The molecule has 0 aromatic heterocycles. The Morgan fingerprint density at radius 1 is 1.00 bits per heavy atom. The number of hydrazone groups is 1. The third-order valence-corrected chi connectivity index (χ3v) is 5.62. The van der Waals surface area contributed by atoms with Crippen LogP contribution in [0.1, 0.15) is 5.56 Å². The fourth-order valence-corrected chi connectivity index (χ4v) is 3.90. The van der Waals surface area contributed by atoms with Crippen molar-refractivity contribution in [1.29, 1.82) is 0 Å². The van der Waals surface area contributed by atoms with Crippen LogP contribution >= 0.6 is 15.9 Å². The van der Waals surface area contributed by atoms with Gasteiger partial charge in [-0.2, -0.15) is 5.10 Å². The van der Waals surface area contributed by atoms with Crippen molar-refractivity contribution < 1.29 is 13.3 Å². The molecular weight excluding hydrogens is 460 g/mol. The first-order chi connectivity index (χ1) is 13.8. The molecule has 0 aliphatic rings. The van der Waals surface area contributed by atoms with Crippen molar-refractivity contribution in [3.8, 4) is 0 Å². The molecule has 0 unspecified atom stereocenters. The van der Waals surface area contributed by atoms with Gasteiger partial charge in [0.15, 0.2) is 0 Å². The van der Waals surface area contributed by atoms with Gasteiger partial charge in [0.2, 0.25) is 0 Å². The standard InChI is InChI=1S/C19H15BrN4O4S/c20-15-6-4-5-14(11-15)13-21-22-18-10-9-17(12-19(18)24(25)26)29(27,28)23-16-7-2-1-3-8-16/h1-13,22-23H. The maximum Gasteiger partial charge on any atom is 0.295 e. The molecule has 0 spiro atoms. The Balaban J connectivity index is 1.84. The normalized spacial score (nSPS) is 11.3. The van der Waals surface area contributed by atoms with Gasteiger partial charge in [0.1, 0.15) is 5.69 Å². The van der Waals surface area contributed by atoms with E-state index >= 15 is 0 Å². The maximum atomic E-state index is 12.5. The molecule has 10 heteroatoms. The van der Waals surface area contributed by atoms with E-state index in [1.807, 2.05) is 24.3 Å². The molecule has 0 aliphatic heterocycles. The molecule has 0 aliphatic carbocycles. The van der Waals surface area contributed by atoms with Crippen molar-refractivity contribution in [2.24, 2.45) is 5.10 Å². The number of para-hydroxylation sites is 1. The summed E-state index contributed by atoms with van der Waals surface area (Å²) in [5.74, 6) is 0. The summed E-state index contributed by atoms with van der Waals surface area (Å²) in [4.78, 5) is 10.5. The van der Waals surface area contributed by atoms with Gasteiger partial charge in [-0.3, -0.25) is 20.3 Å². The fourth-order valence-electron chi connectivity index (χ4n) is 2.41. The van der Waals surface area contributed by atoms with Crippen molar-refractivity contribution in [1.82, 2.24) is 0 Å². The smallest absolute Gasteiger partial charge is 0.280 e. The molecule has 148 valence electrons. The summed E-state index contributed by atoms with van der Waals surface area (Å²) >= 11 is 3.35. The van der Waals surface area contributed by atoms with Crippen LogP contribution in [0.15, 0.2) is 87.3 Å². The summed E-state index contributed by atoms with van der Waals surface area (Å²) in [7, 11) is -3.98. The summed E-state index contributed by atoms with van der Waals surface area (Å²) < 4.78 is 28.3. The molecule has 0 saturated heterocycles. The number of sulfonamides is 1. The van der Waals surface area contributed by atoms with Gasteiger partial charge in [-0.15, -0.1) is 0 Å². The van der Waals surface area contributed by atoms with Crippen LogP contribution in [0.4, 0.5) is 17.1 Å². The second-order valence-corrected chi connectivity index (χ2v) is 8.43. The second-order valence-electron chi connectivity index (χ2n) is 5.83. The zero-order valence-electron chi connectivity index (χ0n) is 14.8. The lowest BCUT2D eigenvalue weighted by atomic mass is 10.2. The van der Waals surface area contributed by atoms with E-state index < -0.39 is 20.6 Å². The monoisotopic (exact) mass is 474 g/mol. The highest BCUT2D eigenvalue weighted by molar-refractivity contribution is 9.10. The number of nitro benzene ring substituents is 1. The molecule has 0 atom stereocenters. The number of nitrogens with zero attached hydrogens (tertiary/aromatic N) is 2. The van der Waals surface area contributed by atoms with Gasteiger partial charge in [-0.25, -0.2) is 8.42 Å². The predicted molar refractivity (Wildman–Crippen MR) is 116 cm³/mol. The summed E-state index contributed by atoms with van der Waals surface area (Å²) in [5.41, 5.74) is 3.38. The summed E-state index contributed by atoms with van der Waals surface area (Å²) in [5, 5.41) is 15.4. The van der Waals surface area contributed by atoms with E-state index in [4.69, 9.17) is 0 Å². The highest BCUT2D eigenvalue weighted by Crippen LogP contribution is 2.28. The van der Waals surface area contributed by atoms with Crippen LogP contribution in [0.5, 0.6) is 0 Å². The van der Waals surface area contributed by atoms with Gasteiger partial charge in [0, 0.05) is 16.2 Å². The topological polar surface area (TPSA) is 114 Å². The number of halogens is 1. The van der Waals surface area contributed by atoms with Crippen molar-refractivity contribution in [3.05, 3.63) is 92.9 Å². The van der Waals surface area contributed by atoms with Crippen molar-refractivity contribution >= 4 is 49.2 Å². The highest BCUT2D eigenvalue weighted by atomic mass is 79.9. The summed E-state index contributed by atoms with van der Waals surface area (Å²) in [6, 6.07) is 19.2. The minimum atomic E-state index is -3.98. The third-order valence-electron chi connectivity index (χ3n) is 3.75. The zero-order valence-corrected chi connectivity index (χ0v) is 17.2. The average Bonchev–Trinajstić information content (AvgIpc) is 2.68. The number of hydrogen-bond donors (Lipinski definition) is 2. The van der Waals surface area contributed by atoms with Crippen molar-refractivity contribution in [2.45, 2.75) is 4.90 Å². The van der Waals surface area contributed by atoms with E-state index in [0.717, 1.165) is 16.1 Å². The summed E-state index contributed by atoms with van der Waals surface area (Å²) in [6.07, 6.45) is 1.50. The fraction of sp³-hybridized carbons (Fsp3) is 0. The van der Waals surface area contributed by atoms with E-state index in [0.29, 0.717) is 5.69 Å². The quantitative estimate of drug-likeness (QED) is 0.295. The van der Waals surface area contributed by atoms with Crippen LogP contribution in [0.25, 0.3) is 0 Å². The third kappa shape index (κ3) is 5.39. The Kier molecular flexibility index (Phi) is 6.25. The molecule has 0 amide bonds. The molecule has 0 heterocycles. The molecule has 0 fully saturated rings. The lowest BCUT2D eigenvalue weighted by Crippen LogP contribution is -2.13. The molecule has 3 aromatic rings. The van der Waals surface area contributed by atoms with Crippen LogP contribution < -0.4 is 10.1 Å². The van der Waals surface area contributed by atoms with Crippen LogP contribution in [-0.4, -0.2) is 19.6 Å². The van der Waals surface area contributed by atoms with Gasteiger partial charge in [-0.1, -0.05) is 46.3 Å². The molecular formula is C19H15BrN4O4S. The Hall–Kier alpha value is -3.24. The van der Waals surface area contributed by atoms with Gasteiger partial charge in [0.25, 0.3) is 15.7 Å². The van der Waals surface area contributed by atoms with E-state index in [-0.39, 0.29) is 10.6 Å². The van der Waals surface area contributed by atoms with Gasteiger partial charge < -0.3 is 0 Å². The SMILES string of the molecule is O=[N+]([O-])c1cc(S(=O)(=O)Nc2ccccc2)ccc1NN=Cc1cccc(Br)c1. The Bertz CT molecular complexity index is 1170. The number of rotatable bonds is 7. The number of nitrogens with one attached hydrogen (secondary N) is 2. The zero-order chi connectivity index (χ0) is 20.9. The van der Waals surface area contributed by atoms with Crippen LogP contribution in [0.2, 0.25) is 0 Å². The molecule has 0 bridgehead atoms. The average molecular weight is 475 g/mol. The first-order valence-corrected chi connectivity index (χ1v) is 10.5. The summed E-state index contributed by atoms with van der Waals surface area (Å²) in [6.45, 7) is 0. The lowest BCUT2D eigenvalue weighted by molar-refractivity contribution is -0.384. The van der Waals surface area contributed by atoms with Crippen LogP contribution in [0, 0.1) is 10.1 Å². The van der Waals surface area contributed by atoms with Crippen molar-refractivity contribution in [2.75, 3.05) is 10.1 Å². The molecule has 0 radical (unpaired) electrons. The van der Waals surface area contributed by atoms with E-state index in [1.165, 1.54) is 18.3 Å². The Morgan fingerprint density at radius 3 is 2.45 bits per heavy atom. The number of benzene rings is 3. The molecule has 8 nitrogen and oxygen atoms in total. The Labute approximate surface area is 175 Å². The molecule has 29 heavy (non-hydrogen) atoms. The van der Waals surface area contributed by atoms with E-state index in [1.54, 1.807) is 30.3 Å². The highest BCUT2D eigenvalue weighted by Gasteiger charge is 2.21. The minimum Gasteiger partial charge on any atom is -0.280 e. The van der Waals surface area contributed by atoms with E-state index in [9.17, 15) is 18.5 Å². The second kappa shape index (κ2) is 8.84. The predicted octanol–water partition coefficient (Wildman–Crippen LogP) is 4.60. The number of anilines is 2. The largest absolute Gasteiger partial charge is 0.295 e. The molecule has 3 aromatic carbocycles. The van der Waals surface area contributed by atoms with Gasteiger partial charge in [0.05, 0.1) is 16.0 Å². The molecule has 3 rings (SSSR count). The number of hydrogen-bond acceptors (Lipinski definition) is 6. The molecule has 2 N–H and O–H groups in total. The Morgan fingerprint density at radius 2 is 1.76 bits per heavy atom. The van der Waals surface area contributed by atoms with Crippen LogP contribution in [0.3, 0.4) is 0 Å². The van der Waals surface area contributed by atoms with E-state index in [2.05, 4.69) is 31.2 Å². The lowest BCUT2D eigenvalue weighted by Gasteiger charge is -2.09. The van der Waals surface area contributed by atoms with Gasteiger partial charge >= 0.3 is 0 Å². The first-order valence-electron chi connectivity index (χ1n) is 8.26. The van der Waals surface area contributed by atoms with Crippen LogP contribution in [-0.2, 0) is 10.0 Å². The van der Waals surface area contributed by atoms with Crippen molar-refractivity contribution in [3.63, 3.8) is 0 Å².